The molecule has 1 aromatic carbocycles. The van der Waals surface area contributed by atoms with Gasteiger partial charge < -0.3 is 16.8 Å². The van der Waals surface area contributed by atoms with Gasteiger partial charge in [0, 0.05) is 6.04 Å². The van der Waals surface area contributed by atoms with E-state index in [1.165, 1.54) is 11.1 Å². The molecule has 0 saturated heterocycles. The van der Waals surface area contributed by atoms with Crippen LogP contribution in [0, 0.1) is 5.92 Å². The lowest BCUT2D eigenvalue weighted by Crippen LogP contribution is -2.26. The summed E-state index contributed by atoms with van der Waals surface area (Å²) >= 11 is 0. The number of hydrogen-bond donors (Lipinski definition) is 3. The molecule has 0 aliphatic rings. The number of nitrogens with two attached hydrogens (primary N) is 2. The standard InChI is InChI=1S/C18H28N6/c1-5-12(4)13-6-8-14(9-7-13)16(11(2)3)21-10-15-22-17(19)24-18(20)23-15/h6-9,11-12,16,21H,5,10H2,1-4H3,(H4,19,20,22,23,24)/t12-,16-/m1/s1. The highest BCUT2D eigenvalue weighted by molar-refractivity contribution is 5.28. The monoisotopic (exact) mass is 328 g/mol. The van der Waals surface area contributed by atoms with Crippen LogP contribution < -0.4 is 16.8 Å². The van der Waals surface area contributed by atoms with Crippen LogP contribution in [0.4, 0.5) is 11.9 Å². The van der Waals surface area contributed by atoms with Crippen LogP contribution in [0.25, 0.3) is 0 Å². The fraction of sp³-hybridized carbons (Fsp3) is 0.500. The summed E-state index contributed by atoms with van der Waals surface area (Å²) in [5.41, 5.74) is 13.9. The molecule has 0 fully saturated rings. The van der Waals surface area contributed by atoms with Gasteiger partial charge in [-0.3, -0.25) is 0 Å². The van der Waals surface area contributed by atoms with Crippen molar-refractivity contribution in [1.29, 1.82) is 0 Å². The molecule has 2 atom stereocenters. The average Bonchev–Trinajstić information content (AvgIpc) is 2.53. The minimum Gasteiger partial charge on any atom is -0.368 e. The van der Waals surface area contributed by atoms with Gasteiger partial charge in [-0.25, -0.2) is 0 Å². The molecule has 0 spiro atoms. The Bertz CT molecular complexity index is 633. The highest BCUT2D eigenvalue weighted by Gasteiger charge is 2.16. The van der Waals surface area contributed by atoms with Crippen molar-refractivity contribution in [2.75, 3.05) is 11.5 Å². The Morgan fingerprint density at radius 3 is 1.96 bits per heavy atom. The molecular formula is C18H28N6. The fourth-order valence-corrected chi connectivity index (χ4v) is 2.74. The quantitative estimate of drug-likeness (QED) is 0.722. The molecule has 6 heteroatoms. The lowest BCUT2D eigenvalue weighted by Gasteiger charge is -2.23. The zero-order valence-electron chi connectivity index (χ0n) is 15.0. The number of aromatic nitrogens is 3. The van der Waals surface area contributed by atoms with Crippen LogP contribution in [0.2, 0.25) is 0 Å². The molecule has 0 saturated carbocycles. The summed E-state index contributed by atoms with van der Waals surface area (Å²) in [6.45, 7) is 9.34. The van der Waals surface area contributed by atoms with E-state index in [-0.39, 0.29) is 17.9 Å². The largest absolute Gasteiger partial charge is 0.368 e. The van der Waals surface area contributed by atoms with Gasteiger partial charge >= 0.3 is 0 Å². The van der Waals surface area contributed by atoms with E-state index in [0.717, 1.165) is 6.42 Å². The summed E-state index contributed by atoms with van der Waals surface area (Å²) in [7, 11) is 0. The molecule has 2 rings (SSSR count). The normalized spacial score (nSPS) is 13.9. The van der Waals surface area contributed by atoms with E-state index in [0.29, 0.717) is 24.2 Å². The van der Waals surface area contributed by atoms with E-state index >= 15 is 0 Å². The molecule has 2 aromatic rings. The van der Waals surface area contributed by atoms with Crippen LogP contribution in [0.3, 0.4) is 0 Å². The van der Waals surface area contributed by atoms with Gasteiger partial charge in [0.15, 0.2) is 0 Å². The summed E-state index contributed by atoms with van der Waals surface area (Å²) in [4.78, 5) is 12.0. The van der Waals surface area contributed by atoms with Crippen LogP contribution in [0.15, 0.2) is 24.3 Å². The number of rotatable bonds is 7. The maximum Gasteiger partial charge on any atom is 0.225 e. The summed E-state index contributed by atoms with van der Waals surface area (Å²) in [5.74, 6) is 1.87. The molecule has 24 heavy (non-hydrogen) atoms. The van der Waals surface area contributed by atoms with E-state index < -0.39 is 0 Å². The van der Waals surface area contributed by atoms with E-state index in [4.69, 9.17) is 11.5 Å². The van der Waals surface area contributed by atoms with Crippen molar-refractivity contribution in [3.8, 4) is 0 Å². The van der Waals surface area contributed by atoms with Gasteiger partial charge in [0.05, 0.1) is 6.54 Å². The summed E-state index contributed by atoms with van der Waals surface area (Å²) in [6.07, 6.45) is 1.15. The Labute approximate surface area is 144 Å². The first kappa shape index (κ1) is 18.1. The van der Waals surface area contributed by atoms with Crippen LogP contribution in [0.1, 0.15) is 63.0 Å². The SMILES string of the molecule is CC[C@@H](C)c1ccc([C@H](NCc2nc(N)nc(N)n2)C(C)C)cc1. The van der Waals surface area contributed by atoms with Crippen molar-refractivity contribution in [3.63, 3.8) is 0 Å². The van der Waals surface area contributed by atoms with Gasteiger partial charge in [0.2, 0.25) is 11.9 Å². The third-order valence-corrected chi connectivity index (χ3v) is 4.34. The molecular weight excluding hydrogens is 300 g/mol. The third-order valence-electron chi connectivity index (χ3n) is 4.34. The van der Waals surface area contributed by atoms with Gasteiger partial charge in [-0.1, -0.05) is 52.0 Å². The maximum absolute atomic E-state index is 5.62. The van der Waals surface area contributed by atoms with Gasteiger partial charge in [-0.05, 0) is 29.4 Å². The number of hydrogen-bond acceptors (Lipinski definition) is 6. The highest BCUT2D eigenvalue weighted by Crippen LogP contribution is 2.25. The average molecular weight is 328 g/mol. The van der Waals surface area contributed by atoms with Crippen molar-refractivity contribution >= 4 is 11.9 Å². The third kappa shape index (κ3) is 4.64. The predicted molar refractivity (Wildman–Crippen MR) is 98.2 cm³/mol. The van der Waals surface area contributed by atoms with Crippen LogP contribution in [-0.4, -0.2) is 15.0 Å². The number of nitrogens with zero attached hydrogens (tertiary/aromatic N) is 3. The zero-order valence-corrected chi connectivity index (χ0v) is 15.0. The molecule has 5 N–H and O–H groups in total. The lowest BCUT2D eigenvalue weighted by atomic mass is 9.92. The van der Waals surface area contributed by atoms with E-state index in [1.807, 2.05) is 0 Å². The van der Waals surface area contributed by atoms with Crippen molar-refractivity contribution in [3.05, 3.63) is 41.2 Å². The number of anilines is 2. The predicted octanol–water partition coefficient (Wildman–Crippen LogP) is 3.04. The molecule has 130 valence electrons. The molecule has 0 amide bonds. The van der Waals surface area contributed by atoms with E-state index in [2.05, 4.69) is 72.2 Å². The molecule has 1 heterocycles. The summed E-state index contributed by atoms with van der Waals surface area (Å²) < 4.78 is 0. The maximum atomic E-state index is 5.62. The van der Waals surface area contributed by atoms with Crippen molar-refractivity contribution in [2.45, 2.75) is 52.6 Å². The second-order valence-electron chi connectivity index (χ2n) is 6.55. The number of nitrogens with one attached hydrogen (secondary N) is 1. The first-order valence-corrected chi connectivity index (χ1v) is 8.49. The van der Waals surface area contributed by atoms with E-state index in [1.54, 1.807) is 0 Å². The highest BCUT2D eigenvalue weighted by atomic mass is 15.2. The molecule has 0 aliphatic heterocycles. The molecule has 6 nitrogen and oxygen atoms in total. The minimum atomic E-state index is 0.151. The smallest absolute Gasteiger partial charge is 0.225 e. The number of benzene rings is 1. The van der Waals surface area contributed by atoms with Crippen molar-refractivity contribution < 1.29 is 0 Å². The number of nitrogen functional groups attached to an aromatic ring is 2. The van der Waals surface area contributed by atoms with Gasteiger partial charge in [0.1, 0.15) is 5.82 Å². The Kier molecular flexibility index (Phi) is 6.09. The Morgan fingerprint density at radius 2 is 1.46 bits per heavy atom. The molecule has 0 aliphatic carbocycles. The molecule has 0 bridgehead atoms. The minimum absolute atomic E-state index is 0.151. The lowest BCUT2D eigenvalue weighted by molar-refractivity contribution is 0.405. The molecule has 0 unspecified atom stereocenters. The van der Waals surface area contributed by atoms with E-state index in [9.17, 15) is 0 Å². The first-order valence-electron chi connectivity index (χ1n) is 8.49. The summed E-state index contributed by atoms with van der Waals surface area (Å²) in [6, 6.07) is 9.05. The zero-order chi connectivity index (χ0) is 17.7. The second-order valence-corrected chi connectivity index (χ2v) is 6.55. The molecule has 0 radical (unpaired) electrons. The topological polar surface area (TPSA) is 103 Å². The molecule has 1 aromatic heterocycles. The van der Waals surface area contributed by atoms with Crippen molar-refractivity contribution in [2.24, 2.45) is 5.92 Å². The second kappa shape index (κ2) is 8.06. The first-order chi connectivity index (χ1) is 11.4. The van der Waals surface area contributed by atoms with Gasteiger partial charge in [-0.15, -0.1) is 0 Å². The van der Waals surface area contributed by atoms with Crippen LogP contribution in [-0.2, 0) is 6.54 Å². The summed E-state index contributed by atoms with van der Waals surface area (Å²) in [5, 5.41) is 3.50. The Hall–Kier alpha value is -2.21. The van der Waals surface area contributed by atoms with Gasteiger partial charge in [-0.2, -0.15) is 15.0 Å². The fourth-order valence-electron chi connectivity index (χ4n) is 2.74. The van der Waals surface area contributed by atoms with Crippen LogP contribution >= 0.6 is 0 Å². The Balaban J connectivity index is 2.11. The van der Waals surface area contributed by atoms with Gasteiger partial charge in [0.25, 0.3) is 0 Å². The van der Waals surface area contributed by atoms with Crippen molar-refractivity contribution in [1.82, 2.24) is 20.3 Å². The Morgan fingerprint density at radius 1 is 0.917 bits per heavy atom. The van der Waals surface area contributed by atoms with Crippen LogP contribution in [0.5, 0.6) is 0 Å².